The molecule has 0 aliphatic rings. The van der Waals surface area contributed by atoms with Crippen LogP contribution in [0.1, 0.15) is 1.43 Å². The zero-order valence-electron chi connectivity index (χ0n) is 5.85. The average molecular weight is 160 g/mol. The van der Waals surface area contributed by atoms with Gasteiger partial charge in [0.25, 0.3) is 0 Å². The van der Waals surface area contributed by atoms with E-state index in [1.807, 2.05) is 0 Å². The Morgan fingerprint density at radius 1 is 1.88 bits per heavy atom. The van der Waals surface area contributed by atoms with Crippen molar-refractivity contribution < 1.29 is 31.0 Å². The van der Waals surface area contributed by atoms with Crippen molar-refractivity contribution in [1.29, 1.82) is 0 Å². The quantitative estimate of drug-likeness (QED) is 0.227. The second-order valence-electron chi connectivity index (χ2n) is 1.02. The number of thiol groups is 1. The van der Waals surface area contributed by atoms with Gasteiger partial charge in [-0.15, -0.1) is 12.6 Å². The zero-order valence-corrected chi connectivity index (χ0v) is 8.56. The normalized spacial score (nSPS) is 7.25. The van der Waals surface area contributed by atoms with Crippen LogP contribution in [-0.4, -0.2) is 17.4 Å². The van der Waals surface area contributed by atoms with Crippen molar-refractivity contribution in [3.8, 4) is 0 Å². The van der Waals surface area contributed by atoms with Gasteiger partial charge in [0.1, 0.15) is 4.32 Å². The van der Waals surface area contributed by atoms with Crippen LogP contribution in [0.2, 0.25) is 0 Å². The van der Waals surface area contributed by atoms with Gasteiger partial charge >= 0.3 is 29.6 Å². The van der Waals surface area contributed by atoms with E-state index < -0.39 is 0 Å². The zero-order chi connectivity index (χ0) is 5.70. The third-order valence-electron chi connectivity index (χ3n) is 0.421. The second kappa shape index (κ2) is 8.20. The summed E-state index contributed by atoms with van der Waals surface area (Å²) >= 11 is 8.36. The smallest absolute Gasteiger partial charge is 1.00 e. The molecule has 3 N–H and O–H groups in total. The predicted octanol–water partition coefficient (Wildman–Crippen LogP) is -3.13. The first-order valence-corrected chi connectivity index (χ1v) is 2.79. The minimum Gasteiger partial charge on any atom is -1.00 e. The minimum absolute atomic E-state index is 0. The molecular formula is C3H9N2NaS2. The average Bonchev–Trinajstić information content (AvgIpc) is 1.61. The van der Waals surface area contributed by atoms with Gasteiger partial charge in [-0.05, 0) is 0 Å². The monoisotopic (exact) mass is 160 g/mol. The van der Waals surface area contributed by atoms with E-state index in [0.717, 1.165) is 0 Å². The van der Waals surface area contributed by atoms with Crippen LogP contribution in [0.25, 0.3) is 0 Å². The molecule has 0 aromatic rings. The Bertz CT molecular complexity index is 72.8. The van der Waals surface area contributed by atoms with E-state index >= 15 is 0 Å². The standard InChI is InChI=1S/C3H8N2S2.Na.H/c4-1-2-5-3(6)7;;/h1-2,4H2,(H2,5,6,7);;/q;+1;-1. The van der Waals surface area contributed by atoms with Gasteiger partial charge < -0.3 is 12.5 Å². The Hall–Kier alpha value is 1.20. The van der Waals surface area contributed by atoms with Gasteiger partial charge in [-0.25, -0.2) is 0 Å². The van der Waals surface area contributed by atoms with Gasteiger partial charge in [0.05, 0.1) is 0 Å². The number of hydrogen-bond donors (Lipinski definition) is 3. The van der Waals surface area contributed by atoms with E-state index in [-0.39, 0.29) is 31.0 Å². The van der Waals surface area contributed by atoms with Crippen LogP contribution < -0.4 is 40.6 Å². The molecule has 0 aromatic heterocycles. The molecule has 0 unspecified atom stereocenters. The molecule has 0 aliphatic heterocycles. The largest absolute Gasteiger partial charge is 1.00 e. The van der Waals surface area contributed by atoms with Crippen molar-refractivity contribution in [3.05, 3.63) is 0 Å². The maximum Gasteiger partial charge on any atom is 1.00 e. The van der Waals surface area contributed by atoms with E-state index in [4.69, 9.17) is 5.73 Å². The Balaban J connectivity index is -0.000000180. The summed E-state index contributed by atoms with van der Waals surface area (Å²) in [4.78, 5) is 0. The van der Waals surface area contributed by atoms with E-state index in [1.54, 1.807) is 0 Å². The Morgan fingerprint density at radius 3 is 2.50 bits per heavy atom. The van der Waals surface area contributed by atoms with Crippen LogP contribution >= 0.6 is 24.8 Å². The van der Waals surface area contributed by atoms with Gasteiger partial charge in [0.2, 0.25) is 0 Å². The van der Waals surface area contributed by atoms with Gasteiger partial charge in [-0.1, -0.05) is 12.2 Å². The van der Waals surface area contributed by atoms with Crippen LogP contribution in [0.3, 0.4) is 0 Å². The topological polar surface area (TPSA) is 38.0 Å². The molecule has 0 aliphatic carbocycles. The van der Waals surface area contributed by atoms with Crippen molar-refractivity contribution in [3.63, 3.8) is 0 Å². The summed E-state index contributed by atoms with van der Waals surface area (Å²) in [5.41, 5.74) is 5.12. The molecule has 2 nitrogen and oxygen atoms in total. The molecule has 44 valence electrons. The number of hydrogen-bond acceptors (Lipinski definition) is 2. The number of nitrogens with two attached hydrogens (primary N) is 1. The first-order valence-electron chi connectivity index (χ1n) is 1.94. The fourth-order valence-electron chi connectivity index (χ4n) is 0.179. The molecule has 0 aromatic carbocycles. The van der Waals surface area contributed by atoms with E-state index in [1.165, 1.54) is 0 Å². The van der Waals surface area contributed by atoms with Gasteiger partial charge in [-0.2, -0.15) is 0 Å². The van der Waals surface area contributed by atoms with Crippen molar-refractivity contribution in [1.82, 2.24) is 5.32 Å². The van der Waals surface area contributed by atoms with Crippen molar-refractivity contribution in [2.75, 3.05) is 13.1 Å². The summed E-state index contributed by atoms with van der Waals surface area (Å²) in [7, 11) is 0. The van der Waals surface area contributed by atoms with Crippen molar-refractivity contribution >= 4 is 29.2 Å². The van der Waals surface area contributed by atoms with Crippen molar-refractivity contribution in [2.24, 2.45) is 5.73 Å². The number of rotatable bonds is 2. The number of nitrogens with one attached hydrogen (secondary N) is 1. The van der Waals surface area contributed by atoms with E-state index in [9.17, 15) is 0 Å². The molecule has 0 bridgehead atoms. The molecular weight excluding hydrogens is 151 g/mol. The summed E-state index contributed by atoms with van der Waals surface area (Å²) in [5.74, 6) is 0. The first-order chi connectivity index (χ1) is 3.27. The Labute approximate surface area is 83.8 Å². The number of thiocarbonyl (C=S) groups is 1. The molecule has 0 saturated carbocycles. The summed E-state index contributed by atoms with van der Waals surface area (Å²) in [5, 5.41) is 2.77. The predicted molar refractivity (Wildman–Crippen MR) is 39.8 cm³/mol. The Kier molecular flexibility index (Phi) is 12.2. The molecule has 0 rings (SSSR count). The van der Waals surface area contributed by atoms with Crippen LogP contribution in [0.5, 0.6) is 0 Å². The molecule has 0 heterocycles. The van der Waals surface area contributed by atoms with E-state index in [0.29, 0.717) is 17.4 Å². The molecule has 0 spiro atoms. The third kappa shape index (κ3) is 10.2. The molecule has 5 heteroatoms. The molecule has 0 atom stereocenters. The molecule has 0 radical (unpaired) electrons. The fourth-order valence-corrected chi connectivity index (χ4v) is 0.393. The summed E-state index contributed by atoms with van der Waals surface area (Å²) in [6, 6.07) is 0. The maximum atomic E-state index is 5.12. The van der Waals surface area contributed by atoms with Gasteiger partial charge in [-0.3, -0.25) is 0 Å². The maximum absolute atomic E-state index is 5.12. The van der Waals surface area contributed by atoms with Crippen LogP contribution in [0.4, 0.5) is 0 Å². The first kappa shape index (κ1) is 11.9. The summed E-state index contributed by atoms with van der Waals surface area (Å²) in [6.07, 6.45) is 0. The fraction of sp³-hybridized carbons (Fsp3) is 0.667. The molecule has 0 amide bonds. The third-order valence-corrected chi connectivity index (χ3v) is 0.723. The van der Waals surface area contributed by atoms with Gasteiger partial charge in [0.15, 0.2) is 0 Å². The molecule has 8 heavy (non-hydrogen) atoms. The SMILES string of the molecule is NCCNC(=S)S.[H-].[Na+]. The molecule has 0 fully saturated rings. The van der Waals surface area contributed by atoms with Crippen LogP contribution in [0, 0.1) is 0 Å². The Morgan fingerprint density at radius 2 is 2.38 bits per heavy atom. The second-order valence-corrected chi connectivity index (χ2v) is 2.18. The van der Waals surface area contributed by atoms with Gasteiger partial charge in [0, 0.05) is 13.1 Å². The van der Waals surface area contributed by atoms with E-state index in [2.05, 4.69) is 30.2 Å². The summed E-state index contributed by atoms with van der Waals surface area (Å²) in [6.45, 7) is 1.31. The molecule has 0 saturated heterocycles. The minimum atomic E-state index is 0. The van der Waals surface area contributed by atoms with Crippen LogP contribution in [-0.2, 0) is 0 Å². The summed E-state index contributed by atoms with van der Waals surface area (Å²) < 4.78 is 0.505. The van der Waals surface area contributed by atoms with Crippen molar-refractivity contribution in [2.45, 2.75) is 0 Å². The van der Waals surface area contributed by atoms with Crippen LogP contribution in [0.15, 0.2) is 0 Å².